The van der Waals surface area contributed by atoms with Crippen molar-refractivity contribution < 1.29 is 4.79 Å². The Labute approximate surface area is 130 Å². The van der Waals surface area contributed by atoms with E-state index in [-0.39, 0.29) is 12.4 Å². The molecular formula is C16H31ClN2O. The number of hydrogen-bond donors (Lipinski definition) is 2. The van der Waals surface area contributed by atoms with Gasteiger partial charge in [-0.25, -0.2) is 0 Å². The highest BCUT2D eigenvalue weighted by atomic mass is 35.5. The summed E-state index contributed by atoms with van der Waals surface area (Å²) >= 11 is 0. The summed E-state index contributed by atoms with van der Waals surface area (Å²) in [5.74, 6) is 1.77. The fourth-order valence-electron chi connectivity index (χ4n) is 3.61. The van der Waals surface area contributed by atoms with Crippen molar-refractivity contribution in [3.8, 4) is 0 Å². The zero-order valence-corrected chi connectivity index (χ0v) is 13.6. The van der Waals surface area contributed by atoms with E-state index in [0.29, 0.717) is 11.9 Å². The average molecular weight is 303 g/mol. The molecule has 1 heterocycles. The predicted molar refractivity (Wildman–Crippen MR) is 86.3 cm³/mol. The van der Waals surface area contributed by atoms with E-state index in [4.69, 9.17) is 0 Å². The summed E-state index contributed by atoms with van der Waals surface area (Å²) in [5.41, 5.74) is 0. The minimum atomic E-state index is 0. The summed E-state index contributed by atoms with van der Waals surface area (Å²) in [4.78, 5) is 12.0. The third-order valence-corrected chi connectivity index (χ3v) is 4.88. The van der Waals surface area contributed by atoms with Crippen LogP contribution in [-0.2, 0) is 4.79 Å². The van der Waals surface area contributed by atoms with Crippen LogP contribution in [0.15, 0.2) is 0 Å². The van der Waals surface area contributed by atoms with Gasteiger partial charge in [0.05, 0.1) is 0 Å². The van der Waals surface area contributed by atoms with E-state index in [2.05, 4.69) is 17.6 Å². The molecule has 4 heteroatoms. The number of carbonyl (C=O) groups is 1. The Hall–Kier alpha value is -0.280. The molecule has 0 radical (unpaired) electrons. The van der Waals surface area contributed by atoms with Crippen molar-refractivity contribution >= 4 is 18.3 Å². The van der Waals surface area contributed by atoms with Crippen LogP contribution in [-0.4, -0.2) is 25.0 Å². The van der Waals surface area contributed by atoms with Crippen LogP contribution in [0.4, 0.5) is 0 Å². The molecule has 0 aromatic rings. The maximum Gasteiger partial charge on any atom is 0.220 e. The lowest BCUT2D eigenvalue weighted by Gasteiger charge is -2.21. The Morgan fingerprint density at radius 1 is 1.25 bits per heavy atom. The van der Waals surface area contributed by atoms with E-state index >= 15 is 0 Å². The number of hydrogen-bond acceptors (Lipinski definition) is 2. The third-order valence-electron chi connectivity index (χ3n) is 4.88. The topological polar surface area (TPSA) is 41.1 Å². The summed E-state index contributed by atoms with van der Waals surface area (Å²) in [6.45, 7) is 4.49. The van der Waals surface area contributed by atoms with Gasteiger partial charge < -0.3 is 10.6 Å². The maximum absolute atomic E-state index is 12.0. The Morgan fingerprint density at radius 2 is 2.10 bits per heavy atom. The third kappa shape index (κ3) is 5.61. The van der Waals surface area contributed by atoms with Crippen LogP contribution in [0.1, 0.15) is 64.7 Å². The van der Waals surface area contributed by atoms with Crippen molar-refractivity contribution in [3.05, 3.63) is 0 Å². The van der Waals surface area contributed by atoms with E-state index in [1.54, 1.807) is 0 Å². The minimum absolute atomic E-state index is 0. The van der Waals surface area contributed by atoms with Crippen molar-refractivity contribution in [2.75, 3.05) is 13.1 Å². The highest BCUT2D eigenvalue weighted by Crippen LogP contribution is 2.30. The Kier molecular flexibility index (Phi) is 8.55. The highest BCUT2D eigenvalue weighted by molar-refractivity contribution is 5.85. The molecule has 3 atom stereocenters. The predicted octanol–water partition coefficient (Wildman–Crippen LogP) is 3.27. The van der Waals surface area contributed by atoms with Gasteiger partial charge in [-0.05, 0) is 57.0 Å². The molecule has 1 saturated carbocycles. The number of rotatable bonds is 7. The van der Waals surface area contributed by atoms with Gasteiger partial charge in [-0.1, -0.05) is 26.2 Å². The normalized spacial score (nSPS) is 29.1. The fourth-order valence-corrected chi connectivity index (χ4v) is 3.61. The van der Waals surface area contributed by atoms with Gasteiger partial charge in [0.15, 0.2) is 0 Å². The summed E-state index contributed by atoms with van der Waals surface area (Å²) in [5, 5.41) is 6.67. The van der Waals surface area contributed by atoms with Crippen LogP contribution in [0.5, 0.6) is 0 Å². The summed E-state index contributed by atoms with van der Waals surface area (Å²) in [6.07, 6.45) is 10.7. The first-order valence-electron chi connectivity index (χ1n) is 8.29. The van der Waals surface area contributed by atoms with Gasteiger partial charge >= 0.3 is 0 Å². The van der Waals surface area contributed by atoms with E-state index < -0.39 is 0 Å². The van der Waals surface area contributed by atoms with Crippen molar-refractivity contribution in [1.82, 2.24) is 10.6 Å². The molecule has 0 aromatic heterocycles. The minimum Gasteiger partial charge on any atom is -0.353 e. The maximum atomic E-state index is 12.0. The fraction of sp³-hybridized carbons (Fsp3) is 0.938. The molecular weight excluding hydrogens is 272 g/mol. The number of carbonyl (C=O) groups excluding carboxylic acids is 1. The molecule has 2 rings (SSSR count). The second-order valence-electron chi connectivity index (χ2n) is 6.40. The monoisotopic (exact) mass is 302 g/mol. The van der Waals surface area contributed by atoms with Crippen molar-refractivity contribution in [1.29, 1.82) is 0 Å². The molecule has 3 nitrogen and oxygen atoms in total. The van der Waals surface area contributed by atoms with E-state index in [1.165, 1.54) is 44.9 Å². The van der Waals surface area contributed by atoms with Crippen molar-refractivity contribution in [3.63, 3.8) is 0 Å². The summed E-state index contributed by atoms with van der Waals surface area (Å²) in [7, 11) is 0. The van der Waals surface area contributed by atoms with Crippen molar-refractivity contribution in [2.45, 2.75) is 70.8 Å². The van der Waals surface area contributed by atoms with E-state index in [1.807, 2.05) is 0 Å². The Balaban J connectivity index is 0.00000200. The zero-order chi connectivity index (χ0) is 13.5. The molecule has 3 unspecified atom stereocenters. The van der Waals surface area contributed by atoms with Crippen molar-refractivity contribution in [2.24, 2.45) is 11.8 Å². The van der Waals surface area contributed by atoms with Gasteiger partial charge in [-0.15, -0.1) is 12.4 Å². The molecule has 2 aliphatic rings. The van der Waals surface area contributed by atoms with Gasteiger partial charge in [0.1, 0.15) is 0 Å². The zero-order valence-electron chi connectivity index (χ0n) is 12.8. The van der Waals surface area contributed by atoms with Crippen LogP contribution in [0, 0.1) is 11.8 Å². The first-order chi connectivity index (χ1) is 9.29. The lowest BCUT2D eigenvalue weighted by molar-refractivity contribution is -0.122. The molecule has 2 N–H and O–H groups in total. The second kappa shape index (κ2) is 9.62. The SMILES string of the molecule is CCCCC1CCCC1NC(=O)CCC1CCNC1.Cl. The van der Waals surface area contributed by atoms with Gasteiger partial charge in [0.2, 0.25) is 5.91 Å². The van der Waals surface area contributed by atoms with E-state index in [9.17, 15) is 4.79 Å². The number of halogens is 1. The van der Waals surface area contributed by atoms with Crippen LogP contribution in [0.25, 0.3) is 0 Å². The molecule has 0 bridgehead atoms. The van der Waals surface area contributed by atoms with Gasteiger partial charge in [-0.3, -0.25) is 4.79 Å². The summed E-state index contributed by atoms with van der Waals surface area (Å²) in [6, 6.07) is 0.473. The summed E-state index contributed by atoms with van der Waals surface area (Å²) < 4.78 is 0. The molecule has 1 amide bonds. The molecule has 1 aliphatic heterocycles. The van der Waals surface area contributed by atoms with E-state index in [0.717, 1.165) is 37.8 Å². The Bertz CT molecular complexity index is 280. The largest absolute Gasteiger partial charge is 0.353 e. The molecule has 0 aromatic carbocycles. The lowest BCUT2D eigenvalue weighted by Crippen LogP contribution is -2.37. The highest BCUT2D eigenvalue weighted by Gasteiger charge is 2.28. The first kappa shape index (κ1) is 17.8. The quantitative estimate of drug-likeness (QED) is 0.758. The molecule has 118 valence electrons. The van der Waals surface area contributed by atoms with Gasteiger partial charge in [-0.2, -0.15) is 0 Å². The Morgan fingerprint density at radius 3 is 2.80 bits per heavy atom. The number of unbranched alkanes of at least 4 members (excludes halogenated alkanes) is 1. The first-order valence-corrected chi connectivity index (χ1v) is 8.29. The molecule has 1 aliphatic carbocycles. The van der Waals surface area contributed by atoms with Gasteiger partial charge in [0.25, 0.3) is 0 Å². The lowest BCUT2D eigenvalue weighted by atomic mass is 9.96. The van der Waals surface area contributed by atoms with Crippen LogP contribution in [0.3, 0.4) is 0 Å². The molecule has 1 saturated heterocycles. The molecule has 0 spiro atoms. The second-order valence-corrected chi connectivity index (χ2v) is 6.40. The molecule has 2 fully saturated rings. The van der Waals surface area contributed by atoms with Gasteiger partial charge in [0, 0.05) is 12.5 Å². The number of amides is 1. The standard InChI is InChI=1S/C16H30N2O.ClH/c1-2-3-5-14-6-4-7-15(14)18-16(19)9-8-13-10-11-17-12-13;/h13-15,17H,2-12H2,1H3,(H,18,19);1H. The number of nitrogens with one attached hydrogen (secondary N) is 2. The van der Waals surface area contributed by atoms with Crippen LogP contribution >= 0.6 is 12.4 Å². The smallest absolute Gasteiger partial charge is 0.220 e. The molecule has 20 heavy (non-hydrogen) atoms. The van der Waals surface area contributed by atoms with Crippen LogP contribution < -0.4 is 10.6 Å². The van der Waals surface area contributed by atoms with Crippen LogP contribution in [0.2, 0.25) is 0 Å². The average Bonchev–Trinajstić information content (AvgIpc) is 3.05.